The van der Waals surface area contributed by atoms with Gasteiger partial charge in [0.1, 0.15) is 5.75 Å². The summed E-state index contributed by atoms with van der Waals surface area (Å²) >= 11 is 0. The maximum Gasteiger partial charge on any atom is 0.339 e. The lowest BCUT2D eigenvalue weighted by Gasteiger charge is -2.48. The maximum absolute atomic E-state index is 12.8. The van der Waals surface area contributed by atoms with Crippen LogP contribution in [-0.2, 0) is 14.3 Å². The topological polar surface area (TPSA) is 82.1 Å². The zero-order chi connectivity index (χ0) is 17.9. The Balaban J connectivity index is 1.66. The molecule has 0 unspecified atom stereocenters. The van der Waals surface area contributed by atoms with Crippen molar-refractivity contribution in [1.82, 2.24) is 0 Å². The van der Waals surface area contributed by atoms with Crippen molar-refractivity contribution in [2.24, 2.45) is 5.92 Å². The number of rotatable bonds is 3. The first-order valence-corrected chi connectivity index (χ1v) is 8.28. The van der Waals surface area contributed by atoms with E-state index >= 15 is 0 Å². The van der Waals surface area contributed by atoms with Crippen molar-refractivity contribution < 1.29 is 28.9 Å². The van der Waals surface area contributed by atoms with Crippen LogP contribution in [0, 0.1) is 5.92 Å². The lowest BCUT2D eigenvalue weighted by Crippen LogP contribution is -2.61. The molecule has 6 heteroatoms. The Bertz CT molecular complexity index is 769. The van der Waals surface area contributed by atoms with Crippen LogP contribution in [-0.4, -0.2) is 47.4 Å². The number of ketones is 1. The van der Waals surface area contributed by atoms with E-state index in [0.717, 1.165) is 0 Å². The van der Waals surface area contributed by atoms with Gasteiger partial charge in [-0.05, 0) is 37.6 Å². The molecule has 1 aromatic rings. The lowest BCUT2D eigenvalue weighted by molar-refractivity contribution is -0.157. The minimum atomic E-state index is -1.34. The van der Waals surface area contributed by atoms with E-state index < -0.39 is 28.7 Å². The van der Waals surface area contributed by atoms with Gasteiger partial charge in [0.05, 0.1) is 30.5 Å². The van der Waals surface area contributed by atoms with Gasteiger partial charge < -0.3 is 19.3 Å². The van der Waals surface area contributed by atoms with Crippen molar-refractivity contribution >= 4 is 11.8 Å². The van der Waals surface area contributed by atoms with E-state index in [1.807, 2.05) is 6.92 Å². The fourth-order valence-electron chi connectivity index (χ4n) is 4.14. The van der Waals surface area contributed by atoms with Gasteiger partial charge in [0.2, 0.25) is 0 Å². The van der Waals surface area contributed by atoms with E-state index in [2.05, 4.69) is 0 Å². The summed E-state index contributed by atoms with van der Waals surface area (Å²) in [5.74, 6) is -0.647. The number of Topliss-reactive ketones (excluding diaryl/α,β-unsaturated/α-hetero) is 1. The van der Waals surface area contributed by atoms with Crippen LogP contribution < -0.4 is 4.74 Å². The summed E-state index contributed by atoms with van der Waals surface area (Å²) in [6.07, 6.45) is 3.69. The number of carbonyl (C=O) groups is 2. The Morgan fingerprint density at radius 1 is 1.28 bits per heavy atom. The second-order valence-corrected chi connectivity index (χ2v) is 7.27. The van der Waals surface area contributed by atoms with Crippen molar-refractivity contribution in [2.45, 2.75) is 36.6 Å². The summed E-state index contributed by atoms with van der Waals surface area (Å²) < 4.78 is 16.7. The molecule has 3 aliphatic rings. The smallest absolute Gasteiger partial charge is 0.339 e. The highest BCUT2D eigenvalue weighted by Gasteiger charge is 2.68. The number of aliphatic hydroxyl groups is 1. The monoisotopic (exact) mass is 344 g/mol. The summed E-state index contributed by atoms with van der Waals surface area (Å²) in [5, 5.41) is 10.6. The fraction of sp³-hybridized carbons (Fsp3) is 0.474. The predicted octanol–water partition coefficient (Wildman–Crippen LogP) is 1.66. The number of carbonyl (C=O) groups excluding carboxylic acids is 2. The Labute approximate surface area is 145 Å². The minimum Gasteiger partial charge on any atom is -0.497 e. The third-order valence-corrected chi connectivity index (χ3v) is 5.67. The number of ether oxygens (including phenoxy) is 3. The highest BCUT2D eigenvalue weighted by molar-refractivity contribution is 5.97. The molecule has 1 aromatic carbocycles. The third-order valence-electron chi connectivity index (χ3n) is 5.67. The van der Waals surface area contributed by atoms with Gasteiger partial charge in [0, 0.05) is 12.3 Å². The SMILES string of the molecule is COc1ccc(C(=O)O[C@@]23CO[C@@]4(C)C=C[C@](O)(CC2=O)C[C@H]34)cc1. The molecule has 1 heterocycles. The quantitative estimate of drug-likeness (QED) is 0.663. The highest BCUT2D eigenvalue weighted by Crippen LogP contribution is 2.54. The molecule has 1 saturated carbocycles. The predicted molar refractivity (Wildman–Crippen MR) is 87.3 cm³/mol. The van der Waals surface area contributed by atoms with Crippen molar-refractivity contribution in [3.05, 3.63) is 42.0 Å². The van der Waals surface area contributed by atoms with Gasteiger partial charge in [-0.25, -0.2) is 4.79 Å². The van der Waals surface area contributed by atoms with Crippen molar-refractivity contribution in [1.29, 1.82) is 0 Å². The Hall–Kier alpha value is -2.18. The molecule has 0 amide bonds. The molecule has 25 heavy (non-hydrogen) atoms. The van der Waals surface area contributed by atoms with Gasteiger partial charge in [-0.15, -0.1) is 0 Å². The molecule has 4 rings (SSSR count). The molecule has 132 valence electrons. The molecule has 2 bridgehead atoms. The molecule has 0 aromatic heterocycles. The summed E-state index contributed by atoms with van der Waals surface area (Å²) in [6.45, 7) is 1.87. The standard InChI is InChI=1S/C19H20O6/c1-17-7-8-18(22)9-14(17)19(11-24-17,15(20)10-18)25-16(21)12-3-5-13(23-2)6-4-12/h3-8,14,22H,9-11H2,1-2H3/t14-,17-,18+,19+/m0/s1. The molecular formula is C19H20O6. The fourth-order valence-corrected chi connectivity index (χ4v) is 4.14. The number of methoxy groups -OCH3 is 1. The van der Waals surface area contributed by atoms with Crippen molar-refractivity contribution in [2.75, 3.05) is 13.7 Å². The van der Waals surface area contributed by atoms with Crippen LogP contribution in [0.1, 0.15) is 30.1 Å². The summed E-state index contributed by atoms with van der Waals surface area (Å²) in [5.41, 5.74) is -2.90. The molecule has 4 atom stereocenters. The van der Waals surface area contributed by atoms with Gasteiger partial charge in [0.25, 0.3) is 0 Å². The molecule has 6 nitrogen and oxygen atoms in total. The molecule has 0 radical (unpaired) electrons. The number of hydrogen-bond donors (Lipinski definition) is 1. The number of fused-ring (bicyclic) bond motifs is 1. The van der Waals surface area contributed by atoms with Crippen LogP contribution in [0.5, 0.6) is 5.75 Å². The van der Waals surface area contributed by atoms with Crippen LogP contribution in [0.2, 0.25) is 0 Å². The van der Waals surface area contributed by atoms with Gasteiger partial charge in [-0.2, -0.15) is 0 Å². The lowest BCUT2D eigenvalue weighted by atomic mass is 9.61. The number of esters is 1. The van der Waals surface area contributed by atoms with Crippen LogP contribution in [0.3, 0.4) is 0 Å². The van der Waals surface area contributed by atoms with Gasteiger partial charge in [0.15, 0.2) is 11.4 Å². The second kappa shape index (κ2) is 5.16. The van der Waals surface area contributed by atoms with E-state index in [1.165, 1.54) is 0 Å². The minimum absolute atomic E-state index is 0.00924. The first-order valence-electron chi connectivity index (χ1n) is 8.28. The molecule has 2 aliphatic carbocycles. The third kappa shape index (κ3) is 2.32. The maximum atomic E-state index is 12.8. The van der Waals surface area contributed by atoms with Crippen LogP contribution in [0.15, 0.2) is 36.4 Å². The van der Waals surface area contributed by atoms with Crippen LogP contribution in [0.4, 0.5) is 0 Å². The van der Waals surface area contributed by atoms with Gasteiger partial charge >= 0.3 is 5.97 Å². The molecule has 1 aliphatic heterocycles. The normalized spacial score (nSPS) is 38.5. The summed E-state index contributed by atoms with van der Waals surface area (Å²) in [6, 6.07) is 6.51. The van der Waals surface area contributed by atoms with Gasteiger partial charge in [-0.1, -0.05) is 12.2 Å². The second-order valence-electron chi connectivity index (χ2n) is 7.27. The van der Waals surface area contributed by atoms with Crippen molar-refractivity contribution in [3.63, 3.8) is 0 Å². The van der Waals surface area contributed by atoms with E-state index in [-0.39, 0.29) is 18.8 Å². The average molecular weight is 344 g/mol. The Kier molecular flexibility index (Phi) is 3.36. The largest absolute Gasteiger partial charge is 0.497 e. The average Bonchev–Trinajstić information content (AvgIpc) is 2.90. The first kappa shape index (κ1) is 16.3. The Morgan fingerprint density at radius 3 is 2.68 bits per heavy atom. The van der Waals surface area contributed by atoms with Crippen LogP contribution >= 0.6 is 0 Å². The molecular weight excluding hydrogens is 324 g/mol. The van der Waals surface area contributed by atoms with E-state index in [1.54, 1.807) is 43.5 Å². The molecule has 2 fully saturated rings. The Morgan fingerprint density at radius 2 is 2.00 bits per heavy atom. The van der Waals surface area contributed by atoms with E-state index in [4.69, 9.17) is 14.2 Å². The van der Waals surface area contributed by atoms with E-state index in [0.29, 0.717) is 17.7 Å². The van der Waals surface area contributed by atoms with Gasteiger partial charge in [-0.3, -0.25) is 4.79 Å². The molecule has 1 saturated heterocycles. The number of benzene rings is 1. The first-order chi connectivity index (χ1) is 11.8. The highest BCUT2D eigenvalue weighted by atomic mass is 16.6. The molecule has 1 N–H and O–H groups in total. The van der Waals surface area contributed by atoms with Crippen molar-refractivity contribution in [3.8, 4) is 5.75 Å². The zero-order valence-corrected chi connectivity index (χ0v) is 14.2. The van der Waals surface area contributed by atoms with Crippen LogP contribution in [0.25, 0.3) is 0 Å². The number of hydrogen-bond acceptors (Lipinski definition) is 6. The molecule has 0 spiro atoms. The summed E-state index contributed by atoms with van der Waals surface area (Å²) in [7, 11) is 1.54. The summed E-state index contributed by atoms with van der Waals surface area (Å²) in [4.78, 5) is 25.5. The zero-order valence-electron chi connectivity index (χ0n) is 14.2. The van der Waals surface area contributed by atoms with E-state index in [9.17, 15) is 14.7 Å².